The lowest BCUT2D eigenvalue weighted by molar-refractivity contribution is -0.176. The van der Waals surface area contributed by atoms with E-state index in [-0.39, 0.29) is 35.0 Å². The third-order valence-corrected chi connectivity index (χ3v) is 6.30. The van der Waals surface area contributed by atoms with E-state index in [4.69, 9.17) is 4.74 Å². The molecule has 0 aromatic rings. The Morgan fingerprint density at radius 3 is 2.46 bits per heavy atom. The van der Waals surface area contributed by atoms with Crippen molar-refractivity contribution in [3.8, 4) is 0 Å². The van der Waals surface area contributed by atoms with E-state index in [1.54, 1.807) is 7.11 Å². The number of guanidine groups is 1. The van der Waals surface area contributed by atoms with Crippen molar-refractivity contribution in [3.05, 3.63) is 0 Å². The molecule has 142 valence electrons. The summed E-state index contributed by atoms with van der Waals surface area (Å²) in [6, 6.07) is 0.899. The van der Waals surface area contributed by atoms with Gasteiger partial charge in [-0.3, -0.25) is 9.89 Å². The van der Waals surface area contributed by atoms with Crippen LogP contribution in [0.25, 0.3) is 0 Å². The quantitative estimate of drug-likeness (QED) is 0.381. The second kappa shape index (κ2) is 8.51. The number of nitrogens with one attached hydrogen (secondary N) is 2. The van der Waals surface area contributed by atoms with Gasteiger partial charge in [-0.1, -0.05) is 13.8 Å². The first kappa shape index (κ1) is 21.9. The molecular weight excluding hydrogens is 417 g/mol. The van der Waals surface area contributed by atoms with Crippen molar-refractivity contribution in [1.82, 2.24) is 20.4 Å². The average Bonchev–Trinajstić information content (AvgIpc) is 2.52. The molecular formula is C17H36IN5O. The van der Waals surface area contributed by atoms with E-state index < -0.39 is 0 Å². The number of methoxy groups -OCH3 is 1. The van der Waals surface area contributed by atoms with Gasteiger partial charge >= 0.3 is 0 Å². The van der Waals surface area contributed by atoms with E-state index in [9.17, 15) is 0 Å². The topological polar surface area (TPSA) is 52.1 Å². The highest BCUT2D eigenvalue weighted by Crippen LogP contribution is 2.51. The fraction of sp³-hybridized carbons (Fsp3) is 0.941. The number of aliphatic imine (C=N–C) groups is 1. The Hall–Kier alpha value is -0.120. The summed E-state index contributed by atoms with van der Waals surface area (Å²) < 4.78 is 5.70. The van der Waals surface area contributed by atoms with Crippen molar-refractivity contribution in [2.75, 3.05) is 54.4 Å². The summed E-state index contributed by atoms with van der Waals surface area (Å²) in [6.45, 7) is 11.0. The molecule has 1 heterocycles. The van der Waals surface area contributed by atoms with Gasteiger partial charge in [0.1, 0.15) is 0 Å². The summed E-state index contributed by atoms with van der Waals surface area (Å²) in [5, 5.41) is 7.08. The van der Waals surface area contributed by atoms with E-state index in [1.807, 2.05) is 7.05 Å². The molecule has 24 heavy (non-hydrogen) atoms. The fourth-order valence-corrected chi connectivity index (χ4v) is 3.62. The van der Waals surface area contributed by atoms with Crippen molar-refractivity contribution < 1.29 is 4.74 Å². The zero-order valence-electron chi connectivity index (χ0n) is 16.3. The van der Waals surface area contributed by atoms with Crippen LogP contribution in [0.4, 0.5) is 0 Å². The summed E-state index contributed by atoms with van der Waals surface area (Å²) in [5.74, 6) is 0.892. The van der Waals surface area contributed by atoms with Crippen LogP contribution in [-0.4, -0.2) is 87.9 Å². The predicted octanol–water partition coefficient (Wildman–Crippen LogP) is 1.22. The Bertz CT molecular complexity index is 445. The minimum Gasteiger partial charge on any atom is -0.378 e. The SMILES string of the molecule is CN=C(NCC1CN(C)CCN1C)NC1CC(C)(OC)C1(C)C.I. The lowest BCUT2D eigenvalue weighted by atomic mass is 9.56. The molecule has 0 aromatic heterocycles. The predicted molar refractivity (Wildman–Crippen MR) is 111 cm³/mol. The van der Waals surface area contributed by atoms with Crippen LogP contribution in [0.2, 0.25) is 0 Å². The Kier molecular flexibility index (Phi) is 7.77. The first-order valence-electron chi connectivity index (χ1n) is 8.64. The molecule has 0 bridgehead atoms. The normalized spacial score (nSPS) is 34.2. The molecule has 6 nitrogen and oxygen atoms in total. The molecule has 2 aliphatic rings. The van der Waals surface area contributed by atoms with E-state index in [2.05, 4.69) is 60.3 Å². The summed E-state index contributed by atoms with van der Waals surface area (Å²) in [6.07, 6.45) is 1.00. The van der Waals surface area contributed by atoms with Gasteiger partial charge in [0, 0.05) is 57.8 Å². The van der Waals surface area contributed by atoms with Gasteiger partial charge in [0.2, 0.25) is 0 Å². The lowest BCUT2D eigenvalue weighted by Crippen LogP contribution is -2.69. The molecule has 0 radical (unpaired) electrons. The van der Waals surface area contributed by atoms with Crippen LogP contribution in [0.15, 0.2) is 4.99 Å². The Morgan fingerprint density at radius 2 is 1.92 bits per heavy atom. The van der Waals surface area contributed by atoms with Gasteiger partial charge in [-0.25, -0.2) is 0 Å². The minimum atomic E-state index is -0.0597. The molecule has 1 saturated carbocycles. The number of halogens is 1. The second-order valence-electron chi connectivity index (χ2n) is 7.91. The van der Waals surface area contributed by atoms with Crippen LogP contribution >= 0.6 is 24.0 Å². The number of piperazine rings is 1. The van der Waals surface area contributed by atoms with Crippen molar-refractivity contribution in [3.63, 3.8) is 0 Å². The minimum absolute atomic E-state index is 0. The number of hydrogen-bond donors (Lipinski definition) is 2. The van der Waals surface area contributed by atoms with Crippen molar-refractivity contribution in [1.29, 1.82) is 0 Å². The molecule has 0 aromatic carbocycles. The van der Waals surface area contributed by atoms with Gasteiger partial charge in [0.15, 0.2) is 5.96 Å². The molecule has 1 aliphatic carbocycles. The highest BCUT2D eigenvalue weighted by molar-refractivity contribution is 14.0. The van der Waals surface area contributed by atoms with Crippen LogP contribution in [-0.2, 0) is 4.74 Å². The molecule has 2 rings (SSSR count). The van der Waals surface area contributed by atoms with Gasteiger partial charge in [-0.05, 0) is 27.4 Å². The van der Waals surface area contributed by atoms with Crippen molar-refractivity contribution in [2.24, 2.45) is 10.4 Å². The zero-order chi connectivity index (χ0) is 17.3. The maximum Gasteiger partial charge on any atom is 0.191 e. The number of nitrogens with zero attached hydrogens (tertiary/aromatic N) is 3. The number of rotatable bonds is 4. The molecule has 2 fully saturated rings. The van der Waals surface area contributed by atoms with Crippen LogP contribution in [0, 0.1) is 5.41 Å². The van der Waals surface area contributed by atoms with E-state index in [0.717, 1.165) is 38.6 Å². The molecule has 3 atom stereocenters. The van der Waals surface area contributed by atoms with E-state index in [0.29, 0.717) is 12.1 Å². The number of likely N-dealkylation sites (N-methyl/N-ethyl adjacent to an activating group) is 2. The highest BCUT2D eigenvalue weighted by Gasteiger charge is 2.58. The van der Waals surface area contributed by atoms with Crippen LogP contribution in [0.5, 0.6) is 0 Å². The molecule has 1 saturated heterocycles. The maximum absolute atomic E-state index is 5.70. The molecule has 0 amide bonds. The Balaban J connectivity index is 0.00000288. The third-order valence-electron chi connectivity index (χ3n) is 6.30. The smallest absolute Gasteiger partial charge is 0.191 e. The summed E-state index contributed by atoms with van der Waals surface area (Å²) >= 11 is 0. The first-order valence-corrected chi connectivity index (χ1v) is 8.64. The van der Waals surface area contributed by atoms with Gasteiger partial charge in [-0.2, -0.15) is 0 Å². The van der Waals surface area contributed by atoms with Crippen molar-refractivity contribution in [2.45, 2.75) is 44.9 Å². The Morgan fingerprint density at radius 1 is 1.25 bits per heavy atom. The maximum atomic E-state index is 5.70. The van der Waals surface area contributed by atoms with E-state index >= 15 is 0 Å². The second-order valence-corrected chi connectivity index (χ2v) is 7.91. The third kappa shape index (κ3) is 4.34. The number of hydrogen-bond acceptors (Lipinski definition) is 4. The molecule has 3 unspecified atom stereocenters. The Labute approximate surface area is 164 Å². The van der Waals surface area contributed by atoms with Gasteiger partial charge in [0.25, 0.3) is 0 Å². The highest BCUT2D eigenvalue weighted by atomic mass is 127. The van der Waals surface area contributed by atoms with Gasteiger partial charge in [0.05, 0.1) is 5.60 Å². The fourth-order valence-electron chi connectivity index (χ4n) is 3.62. The summed E-state index contributed by atoms with van der Waals surface area (Å²) in [4.78, 5) is 9.22. The van der Waals surface area contributed by atoms with Crippen molar-refractivity contribution >= 4 is 29.9 Å². The molecule has 7 heteroatoms. The summed E-state index contributed by atoms with van der Waals surface area (Å²) in [5.41, 5.74) is 0.0248. The summed E-state index contributed by atoms with van der Waals surface area (Å²) in [7, 11) is 8.04. The lowest BCUT2D eigenvalue weighted by Gasteiger charge is -2.59. The van der Waals surface area contributed by atoms with Gasteiger partial charge < -0.3 is 20.3 Å². The molecule has 1 aliphatic heterocycles. The molecule has 2 N–H and O–H groups in total. The average molecular weight is 453 g/mol. The van der Waals surface area contributed by atoms with Crippen LogP contribution in [0.1, 0.15) is 27.2 Å². The van der Waals surface area contributed by atoms with Crippen LogP contribution < -0.4 is 10.6 Å². The largest absolute Gasteiger partial charge is 0.378 e. The zero-order valence-corrected chi connectivity index (χ0v) is 18.7. The first-order chi connectivity index (χ1) is 10.7. The molecule has 0 spiro atoms. The van der Waals surface area contributed by atoms with Gasteiger partial charge in [-0.15, -0.1) is 24.0 Å². The monoisotopic (exact) mass is 453 g/mol. The number of ether oxygens (including phenoxy) is 1. The van der Waals surface area contributed by atoms with E-state index in [1.165, 1.54) is 0 Å². The standard InChI is InChI=1S/C17H35N5O.HI/c1-16(2)14(10-17(16,3)23-7)20-15(18-4)19-11-13-12-21(5)8-9-22(13)6;/h13-14H,8-12H2,1-7H3,(H2,18,19,20);1H. The van der Waals surface area contributed by atoms with Crippen LogP contribution in [0.3, 0.4) is 0 Å².